The van der Waals surface area contributed by atoms with Crippen LogP contribution in [0.25, 0.3) is 0 Å². The molecule has 0 aliphatic rings. The molecule has 9 heteroatoms. The van der Waals surface area contributed by atoms with Crippen molar-refractivity contribution in [1.29, 1.82) is 0 Å². The van der Waals surface area contributed by atoms with Gasteiger partial charge in [-0.15, -0.1) is 0 Å². The first-order chi connectivity index (χ1) is 14.2. The van der Waals surface area contributed by atoms with Crippen molar-refractivity contribution >= 4 is 34.9 Å². The number of halogens is 2. The van der Waals surface area contributed by atoms with E-state index in [4.69, 9.17) is 23.2 Å². The molecule has 0 fully saturated rings. The van der Waals surface area contributed by atoms with Crippen LogP contribution in [-0.4, -0.2) is 37.6 Å². The lowest BCUT2D eigenvalue weighted by molar-refractivity contribution is -0.0155. The summed E-state index contributed by atoms with van der Waals surface area (Å²) in [6.07, 6.45) is 2.81. The summed E-state index contributed by atoms with van der Waals surface area (Å²) in [6, 6.07) is 10.3. The van der Waals surface area contributed by atoms with Gasteiger partial charge in [0.2, 0.25) is 0 Å². The van der Waals surface area contributed by atoms with E-state index in [1.165, 1.54) is 30.3 Å². The fourth-order valence-electron chi connectivity index (χ4n) is 3.11. The lowest BCUT2D eigenvalue weighted by Gasteiger charge is -2.35. The van der Waals surface area contributed by atoms with Crippen molar-refractivity contribution in [1.82, 2.24) is 20.1 Å². The van der Waals surface area contributed by atoms with E-state index in [9.17, 15) is 14.7 Å². The van der Waals surface area contributed by atoms with Gasteiger partial charge in [-0.2, -0.15) is 5.10 Å². The van der Waals surface area contributed by atoms with Gasteiger partial charge < -0.3 is 10.4 Å². The van der Waals surface area contributed by atoms with Crippen LogP contribution < -0.4 is 5.32 Å². The number of hydrogen-bond donors (Lipinski definition) is 2. The molecule has 1 amide bonds. The molecular weight excluding hydrogens is 427 g/mol. The van der Waals surface area contributed by atoms with Gasteiger partial charge in [0.15, 0.2) is 5.78 Å². The molecule has 0 spiro atoms. The van der Waals surface area contributed by atoms with Crippen LogP contribution >= 0.6 is 23.2 Å². The second-order valence-corrected chi connectivity index (χ2v) is 7.81. The van der Waals surface area contributed by atoms with E-state index < -0.39 is 17.6 Å². The van der Waals surface area contributed by atoms with Crippen LogP contribution in [0.1, 0.15) is 40.1 Å². The lowest BCUT2D eigenvalue weighted by atomic mass is 9.86. The van der Waals surface area contributed by atoms with Crippen LogP contribution in [0.4, 0.5) is 0 Å². The molecule has 0 saturated carbocycles. The van der Waals surface area contributed by atoms with E-state index in [1.54, 1.807) is 43.3 Å². The summed E-state index contributed by atoms with van der Waals surface area (Å²) in [5, 5.41) is 19.2. The van der Waals surface area contributed by atoms with Crippen LogP contribution in [0.3, 0.4) is 0 Å². The Kier molecular flexibility index (Phi) is 6.55. The Morgan fingerprint density at radius 1 is 1.17 bits per heavy atom. The zero-order valence-corrected chi connectivity index (χ0v) is 17.9. The molecule has 1 heterocycles. The summed E-state index contributed by atoms with van der Waals surface area (Å²) < 4.78 is 1.45. The van der Waals surface area contributed by atoms with Gasteiger partial charge in [0.25, 0.3) is 5.91 Å². The smallest absolute Gasteiger partial charge is 0.251 e. The molecule has 0 radical (unpaired) electrons. The molecule has 0 aliphatic heterocycles. The fourth-order valence-corrected chi connectivity index (χ4v) is 3.69. The summed E-state index contributed by atoms with van der Waals surface area (Å²) in [5.74, 6) is -0.491. The van der Waals surface area contributed by atoms with Crippen molar-refractivity contribution in [2.24, 2.45) is 0 Å². The highest BCUT2D eigenvalue weighted by atomic mass is 35.5. The maximum atomic E-state index is 12.8. The second kappa shape index (κ2) is 8.95. The average molecular weight is 447 g/mol. The topological polar surface area (TPSA) is 97.1 Å². The third-order valence-electron chi connectivity index (χ3n) is 4.88. The highest BCUT2D eigenvalue weighted by Gasteiger charge is 2.39. The number of aliphatic hydroxyl groups is 1. The number of amides is 1. The number of rotatable bonds is 7. The third-order valence-corrected chi connectivity index (χ3v) is 5.43. The minimum Gasteiger partial charge on any atom is -0.381 e. The average Bonchev–Trinajstić information content (AvgIpc) is 3.20. The maximum Gasteiger partial charge on any atom is 0.251 e. The number of carbonyl (C=O) groups excluding carboxylic acids is 2. The summed E-state index contributed by atoms with van der Waals surface area (Å²) in [7, 11) is 0. The molecule has 7 nitrogen and oxygen atoms in total. The fraction of sp³-hybridized carbons (Fsp3) is 0.238. The lowest BCUT2D eigenvalue weighted by Crippen LogP contribution is -2.51. The Balaban J connectivity index is 1.90. The number of nitrogens with zero attached hydrogens (tertiary/aromatic N) is 3. The number of nitrogens with one attached hydrogen (secondary N) is 1. The third kappa shape index (κ3) is 4.70. The first-order valence-corrected chi connectivity index (χ1v) is 9.88. The normalized spacial score (nSPS) is 14.0. The second-order valence-electron chi connectivity index (χ2n) is 6.97. The zero-order chi connectivity index (χ0) is 21.9. The predicted molar refractivity (Wildman–Crippen MR) is 114 cm³/mol. The summed E-state index contributed by atoms with van der Waals surface area (Å²) in [4.78, 5) is 28.1. The minimum atomic E-state index is -1.61. The van der Waals surface area contributed by atoms with Crippen molar-refractivity contribution in [3.63, 3.8) is 0 Å². The van der Waals surface area contributed by atoms with Gasteiger partial charge in [0.1, 0.15) is 18.3 Å². The van der Waals surface area contributed by atoms with Gasteiger partial charge in [-0.3, -0.25) is 9.59 Å². The molecule has 0 aliphatic carbocycles. The van der Waals surface area contributed by atoms with Crippen molar-refractivity contribution in [2.45, 2.75) is 32.0 Å². The van der Waals surface area contributed by atoms with E-state index in [0.717, 1.165) is 0 Å². The van der Waals surface area contributed by atoms with Crippen LogP contribution in [0.15, 0.2) is 55.1 Å². The Hall–Kier alpha value is -2.74. The van der Waals surface area contributed by atoms with Crippen LogP contribution in [0.5, 0.6) is 0 Å². The molecule has 0 saturated heterocycles. The largest absolute Gasteiger partial charge is 0.381 e. The summed E-state index contributed by atoms with van der Waals surface area (Å²) in [6.45, 7) is 3.13. The molecular formula is C21H20Cl2N4O3. The van der Waals surface area contributed by atoms with E-state index in [2.05, 4.69) is 15.4 Å². The zero-order valence-electron chi connectivity index (χ0n) is 16.3. The molecule has 2 aromatic carbocycles. The first kappa shape index (κ1) is 22.0. The number of hydrogen-bond acceptors (Lipinski definition) is 5. The van der Waals surface area contributed by atoms with Gasteiger partial charge in [0.05, 0.1) is 12.6 Å². The Labute approximate surface area is 183 Å². The molecule has 0 bridgehead atoms. The number of aromatic nitrogens is 3. The van der Waals surface area contributed by atoms with E-state index in [0.29, 0.717) is 21.7 Å². The quantitative estimate of drug-likeness (QED) is 0.541. The van der Waals surface area contributed by atoms with Gasteiger partial charge in [-0.05, 0) is 38.1 Å². The van der Waals surface area contributed by atoms with Crippen molar-refractivity contribution in [3.05, 3.63) is 81.9 Å². The van der Waals surface area contributed by atoms with Gasteiger partial charge >= 0.3 is 0 Å². The highest BCUT2D eigenvalue weighted by molar-refractivity contribution is 6.35. The van der Waals surface area contributed by atoms with Crippen molar-refractivity contribution in [2.75, 3.05) is 0 Å². The molecule has 2 N–H and O–H groups in total. The number of ketones is 1. The molecule has 3 rings (SSSR count). The number of carbonyl (C=O) groups is 2. The molecule has 1 aromatic heterocycles. The Bertz CT molecular complexity index is 1050. The number of Topliss-reactive ketones (excluding diaryl/α,β-unsaturated/α-hetero) is 1. The minimum absolute atomic E-state index is 0.000919. The molecule has 3 aromatic rings. The maximum absolute atomic E-state index is 12.8. The van der Waals surface area contributed by atoms with Gasteiger partial charge in [-0.25, -0.2) is 9.67 Å². The molecule has 30 heavy (non-hydrogen) atoms. The van der Waals surface area contributed by atoms with Crippen molar-refractivity contribution < 1.29 is 14.7 Å². The predicted octanol–water partition coefficient (Wildman–Crippen LogP) is 3.49. The molecule has 156 valence electrons. The molecule has 2 atom stereocenters. The summed E-state index contributed by atoms with van der Waals surface area (Å²) >= 11 is 12.4. The SMILES string of the molecule is CC(=O)c1ccc(C(=O)N[C@H](C)[C@](O)(Cn2cncn2)c2ccc(Cl)cc2Cl)cc1. The van der Waals surface area contributed by atoms with Gasteiger partial charge in [-0.1, -0.05) is 41.4 Å². The Morgan fingerprint density at radius 3 is 2.40 bits per heavy atom. The molecule has 0 unspecified atom stereocenters. The monoisotopic (exact) mass is 446 g/mol. The van der Waals surface area contributed by atoms with Crippen LogP contribution in [0, 0.1) is 0 Å². The van der Waals surface area contributed by atoms with Crippen molar-refractivity contribution in [3.8, 4) is 0 Å². The van der Waals surface area contributed by atoms with Crippen LogP contribution in [0.2, 0.25) is 10.0 Å². The van der Waals surface area contributed by atoms with Gasteiger partial charge in [0, 0.05) is 26.7 Å². The van der Waals surface area contributed by atoms with E-state index >= 15 is 0 Å². The first-order valence-electron chi connectivity index (χ1n) is 9.13. The standard InChI is InChI=1S/C21H20Cl2N4O3/c1-13(28)15-3-5-16(6-4-15)20(29)26-14(2)21(30,10-27-12-24-11-25-27)18-8-7-17(22)9-19(18)23/h3-9,11-12,14,30H,10H2,1-2H3,(H,26,29)/t14-,21-/m1/s1. The number of benzene rings is 2. The van der Waals surface area contributed by atoms with Crippen LogP contribution in [-0.2, 0) is 12.1 Å². The Morgan fingerprint density at radius 2 is 1.83 bits per heavy atom. The summed E-state index contributed by atoms with van der Waals surface area (Å²) in [5.41, 5.74) is -0.346. The van der Waals surface area contributed by atoms with E-state index in [-0.39, 0.29) is 17.4 Å². The highest BCUT2D eigenvalue weighted by Crippen LogP contribution is 2.34. The van der Waals surface area contributed by atoms with E-state index in [1.807, 2.05) is 0 Å².